The number of para-hydroxylation sites is 1. The average molecular weight is 192 g/mol. The van der Waals surface area contributed by atoms with Crippen LogP contribution < -0.4 is 10.6 Å². The fraction of sp³-hybridized carbons (Fsp3) is 0.300. The molecule has 14 heavy (non-hydrogen) atoms. The Morgan fingerprint density at radius 1 is 1.43 bits per heavy atom. The maximum atomic E-state index is 11.0. The van der Waals surface area contributed by atoms with Gasteiger partial charge in [-0.1, -0.05) is 18.2 Å². The number of aromatic hydroxyl groups is 1. The molecule has 1 aliphatic heterocycles. The van der Waals surface area contributed by atoms with E-state index in [1.54, 1.807) is 12.1 Å². The van der Waals surface area contributed by atoms with Gasteiger partial charge in [-0.25, -0.2) is 4.79 Å². The molecule has 74 valence electrons. The summed E-state index contributed by atoms with van der Waals surface area (Å²) in [4.78, 5) is 11.0. The van der Waals surface area contributed by atoms with Crippen molar-refractivity contribution < 1.29 is 9.90 Å². The molecule has 2 amide bonds. The number of carbonyl (C=O) groups is 1. The quantitative estimate of drug-likeness (QED) is 0.619. The Balaban J connectivity index is 2.40. The number of phenolic OH excluding ortho intramolecular Hbond substituents is 1. The summed E-state index contributed by atoms with van der Waals surface area (Å²) in [7, 11) is 0. The average Bonchev–Trinajstić information content (AvgIpc) is 2.48. The second-order valence-corrected chi connectivity index (χ2v) is 3.66. The molecule has 0 spiro atoms. The van der Waals surface area contributed by atoms with E-state index < -0.39 is 5.54 Å². The van der Waals surface area contributed by atoms with Gasteiger partial charge in [-0.15, -0.1) is 0 Å². The maximum absolute atomic E-state index is 11.0. The van der Waals surface area contributed by atoms with E-state index in [0.29, 0.717) is 6.54 Å². The van der Waals surface area contributed by atoms with Gasteiger partial charge < -0.3 is 15.7 Å². The van der Waals surface area contributed by atoms with E-state index in [0.717, 1.165) is 5.56 Å². The van der Waals surface area contributed by atoms with E-state index >= 15 is 0 Å². The molecule has 1 aromatic carbocycles. The summed E-state index contributed by atoms with van der Waals surface area (Å²) in [5, 5.41) is 15.1. The van der Waals surface area contributed by atoms with Gasteiger partial charge in [0.25, 0.3) is 0 Å². The number of benzene rings is 1. The zero-order valence-electron chi connectivity index (χ0n) is 7.87. The van der Waals surface area contributed by atoms with Crippen molar-refractivity contribution in [2.45, 2.75) is 12.5 Å². The smallest absolute Gasteiger partial charge is 0.315 e. The predicted octanol–water partition coefficient (Wildman–Crippen LogP) is 0.920. The first-order chi connectivity index (χ1) is 6.62. The second kappa shape index (κ2) is 2.90. The summed E-state index contributed by atoms with van der Waals surface area (Å²) in [5.41, 5.74) is 0.223. The van der Waals surface area contributed by atoms with Crippen molar-refractivity contribution in [1.82, 2.24) is 10.6 Å². The molecule has 0 bridgehead atoms. The number of urea groups is 1. The van der Waals surface area contributed by atoms with E-state index in [1.807, 2.05) is 19.1 Å². The van der Waals surface area contributed by atoms with Crippen molar-refractivity contribution in [2.75, 3.05) is 6.54 Å². The zero-order chi connectivity index (χ0) is 10.2. The normalized spacial score (nSPS) is 25.6. The van der Waals surface area contributed by atoms with Crippen LogP contribution in [0.3, 0.4) is 0 Å². The molecule has 4 nitrogen and oxygen atoms in total. The molecule has 0 radical (unpaired) electrons. The number of nitrogens with one attached hydrogen (secondary N) is 2. The lowest BCUT2D eigenvalue weighted by Crippen LogP contribution is -2.37. The van der Waals surface area contributed by atoms with Gasteiger partial charge in [0.2, 0.25) is 0 Å². The topological polar surface area (TPSA) is 61.4 Å². The third-order valence-corrected chi connectivity index (χ3v) is 2.49. The summed E-state index contributed by atoms with van der Waals surface area (Å²) in [5.74, 6) is 0.207. The number of phenols is 1. The Kier molecular flexibility index (Phi) is 1.84. The lowest BCUT2D eigenvalue weighted by atomic mass is 9.92. The van der Waals surface area contributed by atoms with Crippen LogP contribution in [-0.2, 0) is 5.54 Å². The minimum absolute atomic E-state index is 0.198. The number of carbonyl (C=O) groups excluding carboxylic acids is 1. The molecular weight excluding hydrogens is 180 g/mol. The Morgan fingerprint density at radius 3 is 2.71 bits per heavy atom. The van der Waals surface area contributed by atoms with Gasteiger partial charge in [0, 0.05) is 12.1 Å². The summed E-state index contributed by atoms with van der Waals surface area (Å²) in [6.45, 7) is 2.36. The van der Waals surface area contributed by atoms with Crippen LogP contribution in [0.2, 0.25) is 0 Å². The standard InChI is InChI=1S/C10H12N2O2/c1-10(6-11-9(14)12-10)7-4-2-3-5-8(7)13/h2-5,13H,6H2,1H3,(H2,11,12,14). The van der Waals surface area contributed by atoms with E-state index in [-0.39, 0.29) is 11.8 Å². The highest BCUT2D eigenvalue weighted by Crippen LogP contribution is 2.29. The van der Waals surface area contributed by atoms with Crippen molar-refractivity contribution in [3.63, 3.8) is 0 Å². The highest BCUT2D eigenvalue weighted by atomic mass is 16.3. The van der Waals surface area contributed by atoms with Gasteiger partial charge in [-0.05, 0) is 13.0 Å². The summed E-state index contributed by atoms with van der Waals surface area (Å²) in [6.07, 6.45) is 0. The van der Waals surface area contributed by atoms with Gasteiger partial charge >= 0.3 is 6.03 Å². The maximum Gasteiger partial charge on any atom is 0.315 e. The van der Waals surface area contributed by atoms with Crippen molar-refractivity contribution in [3.05, 3.63) is 29.8 Å². The van der Waals surface area contributed by atoms with Crippen molar-refractivity contribution in [2.24, 2.45) is 0 Å². The highest BCUT2D eigenvalue weighted by molar-refractivity contribution is 5.78. The Labute approximate surface area is 81.9 Å². The van der Waals surface area contributed by atoms with Gasteiger partial charge in [0.15, 0.2) is 0 Å². The third-order valence-electron chi connectivity index (χ3n) is 2.49. The monoisotopic (exact) mass is 192 g/mol. The molecule has 0 saturated carbocycles. The molecule has 3 N–H and O–H groups in total. The third kappa shape index (κ3) is 1.28. The van der Waals surface area contributed by atoms with Crippen LogP contribution in [0.4, 0.5) is 4.79 Å². The number of hydrogen-bond donors (Lipinski definition) is 3. The first-order valence-corrected chi connectivity index (χ1v) is 4.46. The molecule has 4 heteroatoms. The highest BCUT2D eigenvalue weighted by Gasteiger charge is 2.36. The molecule has 1 atom stereocenters. The molecule has 1 aliphatic rings. The molecule has 1 fully saturated rings. The number of amides is 2. The fourth-order valence-corrected chi connectivity index (χ4v) is 1.70. The van der Waals surface area contributed by atoms with Crippen LogP contribution in [0.25, 0.3) is 0 Å². The summed E-state index contributed by atoms with van der Waals surface area (Å²) in [6, 6.07) is 6.82. The first-order valence-electron chi connectivity index (χ1n) is 4.46. The van der Waals surface area contributed by atoms with Gasteiger partial charge in [0.05, 0.1) is 5.54 Å². The number of rotatable bonds is 1. The predicted molar refractivity (Wildman–Crippen MR) is 52.0 cm³/mol. The van der Waals surface area contributed by atoms with Crippen molar-refractivity contribution in [1.29, 1.82) is 0 Å². The molecular formula is C10H12N2O2. The van der Waals surface area contributed by atoms with E-state index in [1.165, 1.54) is 0 Å². The molecule has 0 aliphatic carbocycles. The minimum Gasteiger partial charge on any atom is -0.508 e. The summed E-state index contributed by atoms with van der Waals surface area (Å²) >= 11 is 0. The molecule has 1 saturated heterocycles. The Bertz CT molecular complexity index is 378. The zero-order valence-corrected chi connectivity index (χ0v) is 7.87. The Hall–Kier alpha value is -1.71. The minimum atomic E-state index is -0.511. The van der Waals surface area contributed by atoms with Crippen LogP contribution in [-0.4, -0.2) is 17.7 Å². The summed E-state index contributed by atoms with van der Waals surface area (Å²) < 4.78 is 0. The van der Waals surface area contributed by atoms with E-state index in [4.69, 9.17) is 0 Å². The molecule has 1 unspecified atom stereocenters. The van der Waals surface area contributed by atoms with Crippen molar-refractivity contribution in [3.8, 4) is 5.75 Å². The van der Waals surface area contributed by atoms with Gasteiger partial charge in [-0.2, -0.15) is 0 Å². The first kappa shape index (κ1) is 8.87. The van der Waals surface area contributed by atoms with Crippen LogP contribution in [0.15, 0.2) is 24.3 Å². The molecule has 2 rings (SSSR count). The van der Waals surface area contributed by atoms with Crippen LogP contribution >= 0.6 is 0 Å². The fourth-order valence-electron chi connectivity index (χ4n) is 1.70. The van der Waals surface area contributed by atoms with Gasteiger partial charge in [0.1, 0.15) is 5.75 Å². The second-order valence-electron chi connectivity index (χ2n) is 3.66. The molecule has 1 aromatic rings. The number of hydrogen-bond acceptors (Lipinski definition) is 2. The van der Waals surface area contributed by atoms with E-state index in [9.17, 15) is 9.90 Å². The largest absolute Gasteiger partial charge is 0.508 e. The lowest BCUT2D eigenvalue weighted by molar-refractivity contribution is 0.245. The van der Waals surface area contributed by atoms with Gasteiger partial charge in [-0.3, -0.25) is 0 Å². The lowest BCUT2D eigenvalue weighted by Gasteiger charge is -2.23. The van der Waals surface area contributed by atoms with Crippen molar-refractivity contribution >= 4 is 6.03 Å². The van der Waals surface area contributed by atoms with Crippen LogP contribution in [0.5, 0.6) is 5.75 Å². The van der Waals surface area contributed by atoms with Crippen LogP contribution in [0, 0.1) is 0 Å². The molecule has 0 aromatic heterocycles. The van der Waals surface area contributed by atoms with Crippen LogP contribution in [0.1, 0.15) is 12.5 Å². The van der Waals surface area contributed by atoms with E-state index in [2.05, 4.69) is 10.6 Å². The molecule has 1 heterocycles. The Morgan fingerprint density at radius 2 is 2.14 bits per heavy atom. The SMILES string of the molecule is CC1(c2ccccc2O)CNC(=O)N1.